The molecule has 0 bridgehead atoms. The Bertz CT molecular complexity index is 336. The van der Waals surface area contributed by atoms with E-state index in [0.717, 1.165) is 13.1 Å². The van der Waals surface area contributed by atoms with Crippen LogP contribution < -0.4 is 5.32 Å². The summed E-state index contributed by atoms with van der Waals surface area (Å²) in [6.07, 6.45) is -0.0555. The van der Waals surface area contributed by atoms with Crippen molar-refractivity contribution in [2.75, 3.05) is 39.8 Å². The Balaban J connectivity index is 2.39. The van der Waals surface area contributed by atoms with Gasteiger partial charge in [-0.15, -0.1) is 0 Å². The third-order valence-corrected chi connectivity index (χ3v) is 3.27. The lowest BCUT2D eigenvalue weighted by Gasteiger charge is -2.31. The molecule has 1 rings (SSSR count). The monoisotopic (exact) mass is 287 g/mol. The highest BCUT2D eigenvalue weighted by molar-refractivity contribution is 5.75. The highest BCUT2D eigenvalue weighted by Crippen LogP contribution is 2.04. The molecule has 1 unspecified atom stereocenters. The average molecular weight is 287 g/mol. The van der Waals surface area contributed by atoms with Crippen molar-refractivity contribution in [3.63, 3.8) is 0 Å². The number of amides is 2. The van der Waals surface area contributed by atoms with Crippen LogP contribution in [-0.2, 0) is 9.53 Å². The number of rotatable bonds is 6. The van der Waals surface area contributed by atoms with E-state index in [4.69, 9.17) is 9.84 Å². The average Bonchev–Trinajstić information content (AvgIpc) is 2.36. The summed E-state index contributed by atoms with van der Waals surface area (Å²) in [7, 11) is 2.02. The smallest absolute Gasteiger partial charge is 0.317 e. The third-order valence-electron chi connectivity index (χ3n) is 3.27. The summed E-state index contributed by atoms with van der Waals surface area (Å²) in [6, 6.07) is -0.276. The van der Waals surface area contributed by atoms with Gasteiger partial charge in [0.2, 0.25) is 0 Å². The van der Waals surface area contributed by atoms with Gasteiger partial charge in [-0.3, -0.25) is 4.79 Å². The zero-order valence-corrected chi connectivity index (χ0v) is 12.5. The predicted octanol–water partition coefficient (Wildman–Crippen LogP) is 0.212. The maximum absolute atomic E-state index is 12.1. The number of nitrogens with zero attached hydrogens (tertiary/aromatic N) is 2. The molecule has 7 heteroatoms. The first-order chi connectivity index (χ1) is 9.40. The Hall–Kier alpha value is -1.34. The lowest BCUT2D eigenvalue weighted by molar-refractivity contribution is -0.137. The molecule has 116 valence electrons. The maximum atomic E-state index is 12.1. The van der Waals surface area contributed by atoms with Gasteiger partial charge < -0.3 is 25.0 Å². The van der Waals surface area contributed by atoms with Gasteiger partial charge in [-0.1, -0.05) is 0 Å². The molecule has 1 fully saturated rings. The number of likely N-dealkylation sites (N-methyl/N-ethyl adjacent to an activating group) is 1. The van der Waals surface area contributed by atoms with Gasteiger partial charge in [-0.05, 0) is 20.9 Å². The number of hydrogen-bond acceptors (Lipinski definition) is 4. The van der Waals surface area contributed by atoms with Gasteiger partial charge in [0, 0.05) is 32.2 Å². The van der Waals surface area contributed by atoms with E-state index in [1.54, 1.807) is 0 Å². The van der Waals surface area contributed by atoms with E-state index in [2.05, 4.69) is 10.2 Å². The number of hydrogen-bond donors (Lipinski definition) is 2. The van der Waals surface area contributed by atoms with Gasteiger partial charge >= 0.3 is 12.0 Å². The van der Waals surface area contributed by atoms with Crippen LogP contribution in [0.1, 0.15) is 20.3 Å². The van der Waals surface area contributed by atoms with Crippen LogP contribution in [0.3, 0.4) is 0 Å². The van der Waals surface area contributed by atoms with E-state index in [0.29, 0.717) is 13.2 Å². The van der Waals surface area contributed by atoms with Crippen LogP contribution in [0.5, 0.6) is 0 Å². The maximum Gasteiger partial charge on any atom is 0.317 e. The number of carboxylic acid groups (broad SMARTS) is 1. The standard InChI is InChI=1S/C13H25N3O4/c1-10(2)16(5-4-12(17)18)13(19)14-8-11-9-15(3)6-7-20-11/h10-11H,4-9H2,1-3H3,(H,14,19)(H,17,18). The molecule has 0 radical (unpaired) electrons. The number of ether oxygens (including phenoxy) is 1. The molecule has 1 saturated heterocycles. The number of carbonyl (C=O) groups excluding carboxylic acids is 1. The summed E-state index contributed by atoms with van der Waals surface area (Å²) in [5, 5.41) is 11.5. The van der Waals surface area contributed by atoms with Crippen molar-refractivity contribution in [3.8, 4) is 0 Å². The van der Waals surface area contributed by atoms with Crippen LogP contribution >= 0.6 is 0 Å². The fraction of sp³-hybridized carbons (Fsp3) is 0.846. The molecule has 0 saturated carbocycles. The Morgan fingerprint density at radius 3 is 2.75 bits per heavy atom. The topological polar surface area (TPSA) is 82.1 Å². The zero-order chi connectivity index (χ0) is 15.1. The molecule has 0 aromatic carbocycles. The summed E-state index contributed by atoms with van der Waals surface area (Å²) in [5.41, 5.74) is 0. The molecule has 2 amide bonds. The van der Waals surface area contributed by atoms with Crippen molar-refractivity contribution >= 4 is 12.0 Å². The minimum atomic E-state index is -0.902. The second-order valence-electron chi connectivity index (χ2n) is 5.37. The van der Waals surface area contributed by atoms with Crippen LogP contribution in [0.4, 0.5) is 4.79 Å². The molecule has 0 aromatic heterocycles. The molecular weight excluding hydrogens is 262 g/mol. The van der Waals surface area contributed by atoms with Gasteiger partial charge in [0.1, 0.15) is 0 Å². The van der Waals surface area contributed by atoms with Crippen LogP contribution in [0.15, 0.2) is 0 Å². The minimum absolute atomic E-state index is 0.00816. The van der Waals surface area contributed by atoms with Crippen LogP contribution in [-0.4, -0.2) is 78.9 Å². The molecule has 0 aromatic rings. The number of aliphatic carboxylic acids is 1. The fourth-order valence-electron chi connectivity index (χ4n) is 2.10. The molecule has 0 spiro atoms. The Morgan fingerprint density at radius 2 is 2.20 bits per heavy atom. The lowest BCUT2D eigenvalue weighted by atomic mass is 10.2. The van der Waals surface area contributed by atoms with Gasteiger partial charge in [-0.25, -0.2) is 4.79 Å². The number of carboxylic acids is 1. The molecule has 7 nitrogen and oxygen atoms in total. The Morgan fingerprint density at radius 1 is 1.50 bits per heavy atom. The Labute approximate surface area is 119 Å². The molecule has 1 aliphatic rings. The highest BCUT2D eigenvalue weighted by Gasteiger charge is 2.21. The molecule has 1 aliphatic heterocycles. The van der Waals surface area contributed by atoms with Crippen molar-refractivity contribution in [1.29, 1.82) is 0 Å². The van der Waals surface area contributed by atoms with Crippen LogP contribution in [0.25, 0.3) is 0 Å². The van der Waals surface area contributed by atoms with E-state index in [-0.39, 0.29) is 31.1 Å². The van der Waals surface area contributed by atoms with E-state index < -0.39 is 5.97 Å². The van der Waals surface area contributed by atoms with Crippen LogP contribution in [0.2, 0.25) is 0 Å². The molecule has 2 N–H and O–H groups in total. The van der Waals surface area contributed by atoms with Gasteiger partial charge in [0.25, 0.3) is 0 Å². The summed E-state index contributed by atoms with van der Waals surface area (Å²) < 4.78 is 5.57. The molecule has 0 aliphatic carbocycles. The van der Waals surface area contributed by atoms with Crippen molar-refractivity contribution < 1.29 is 19.4 Å². The van der Waals surface area contributed by atoms with Gasteiger partial charge in [-0.2, -0.15) is 0 Å². The summed E-state index contributed by atoms with van der Waals surface area (Å²) in [6.45, 7) is 6.75. The molecule has 20 heavy (non-hydrogen) atoms. The zero-order valence-electron chi connectivity index (χ0n) is 12.5. The van der Waals surface area contributed by atoms with E-state index in [1.165, 1.54) is 4.90 Å². The molecule has 1 heterocycles. The number of carbonyl (C=O) groups is 2. The Kier molecular flexibility index (Phi) is 6.74. The van der Waals surface area contributed by atoms with Crippen molar-refractivity contribution in [1.82, 2.24) is 15.1 Å². The van der Waals surface area contributed by atoms with Gasteiger partial charge in [0.15, 0.2) is 0 Å². The lowest BCUT2D eigenvalue weighted by Crippen LogP contribution is -2.50. The quantitative estimate of drug-likeness (QED) is 0.730. The fourth-order valence-corrected chi connectivity index (χ4v) is 2.10. The second kappa shape index (κ2) is 8.06. The van der Waals surface area contributed by atoms with E-state index in [9.17, 15) is 9.59 Å². The summed E-state index contributed by atoms with van der Waals surface area (Å²) in [5.74, 6) is -0.902. The number of morpholine rings is 1. The SMILES string of the molecule is CC(C)N(CCC(=O)O)C(=O)NCC1CN(C)CCO1. The van der Waals surface area contributed by atoms with E-state index >= 15 is 0 Å². The largest absolute Gasteiger partial charge is 0.481 e. The summed E-state index contributed by atoms with van der Waals surface area (Å²) >= 11 is 0. The third kappa shape index (κ3) is 5.75. The predicted molar refractivity (Wildman–Crippen MR) is 74.7 cm³/mol. The summed E-state index contributed by atoms with van der Waals surface area (Å²) in [4.78, 5) is 26.4. The first kappa shape index (κ1) is 16.7. The van der Waals surface area contributed by atoms with Crippen molar-refractivity contribution in [2.24, 2.45) is 0 Å². The van der Waals surface area contributed by atoms with Crippen molar-refractivity contribution in [3.05, 3.63) is 0 Å². The van der Waals surface area contributed by atoms with Gasteiger partial charge in [0.05, 0.1) is 19.1 Å². The second-order valence-corrected chi connectivity index (χ2v) is 5.37. The first-order valence-corrected chi connectivity index (χ1v) is 6.96. The normalized spacial score (nSPS) is 19.9. The van der Waals surface area contributed by atoms with Crippen molar-refractivity contribution in [2.45, 2.75) is 32.4 Å². The van der Waals surface area contributed by atoms with E-state index in [1.807, 2.05) is 20.9 Å². The first-order valence-electron chi connectivity index (χ1n) is 6.96. The van der Waals surface area contributed by atoms with Crippen LogP contribution in [0, 0.1) is 0 Å². The highest BCUT2D eigenvalue weighted by atomic mass is 16.5. The molecular formula is C13H25N3O4. The molecule has 1 atom stereocenters. The number of urea groups is 1. The number of nitrogens with one attached hydrogen (secondary N) is 1. The minimum Gasteiger partial charge on any atom is -0.481 e.